The molecule has 1 aliphatic heterocycles. The quantitative estimate of drug-likeness (QED) is 0.258. The second-order valence-electron chi connectivity index (χ2n) is 12.0. The van der Waals surface area contributed by atoms with Gasteiger partial charge in [0.05, 0.1) is 17.7 Å². The van der Waals surface area contributed by atoms with E-state index in [4.69, 9.17) is 9.47 Å². The van der Waals surface area contributed by atoms with Crippen molar-refractivity contribution in [3.63, 3.8) is 0 Å². The molecule has 2 aromatic heterocycles. The molecule has 4 aromatic rings. The van der Waals surface area contributed by atoms with E-state index in [1.54, 1.807) is 59.0 Å². The zero-order chi connectivity index (χ0) is 31.2. The van der Waals surface area contributed by atoms with E-state index in [1.165, 1.54) is 16.6 Å². The molecule has 3 heterocycles. The third-order valence-electron chi connectivity index (χ3n) is 7.57. The fraction of sp³-hybridized carbons (Fsp3) is 0.364. The van der Waals surface area contributed by atoms with Gasteiger partial charge in [-0.05, 0) is 100 Å². The van der Waals surface area contributed by atoms with Crippen LogP contribution < -0.4 is 10.1 Å². The molecule has 0 spiro atoms. The fourth-order valence-corrected chi connectivity index (χ4v) is 5.59. The number of carboxylic acids is 1. The van der Waals surface area contributed by atoms with Crippen molar-refractivity contribution in [1.29, 1.82) is 0 Å². The number of hydrogen-bond acceptors (Lipinski definition) is 5. The molecule has 1 atom stereocenters. The van der Waals surface area contributed by atoms with Gasteiger partial charge in [-0.25, -0.2) is 18.1 Å². The van der Waals surface area contributed by atoms with Crippen molar-refractivity contribution < 1.29 is 33.0 Å². The number of carbonyl (C=O) groups excluding carboxylic acids is 1. The summed E-state index contributed by atoms with van der Waals surface area (Å²) < 4.78 is 42.4. The summed E-state index contributed by atoms with van der Waals surface area (Å²) >= 11 is 0. The van der Waals surface area contributed by atoms with E-state index in [2.05, 4.69) is 10.4 Å². The molecule has 0 unspecified atom stereocenters. The maximum atomic E-state index is 15.5. The van der Waals surface area contributed by atoms with Crippen LogP contribution in [0.25, 0.3) is 16.6 Å². The van der Waals surface area contributed by atoms with Crippen molar-refractivity contribution in [2.45, 2.75) is 72.6 Å². The highest BCUT2D eigenvalue weighted by Crippen LogP contribution is 2.43. The Kier molecular flexibility index (Phi) is 8.00. The van der Waals surface area contributed by atoms with Crippen LogP contribution in [0.15, 0.2) is 36.5 Å². The topological polar surface area (TPSA) is 102 Å². The molecule has 0 saturated heterocycles. The first-order valence-electron chi connectivity index (χ1n) is 14.2. The predicted molar refractivity (Wildman–Crippen MR) is 157 cm³/mol. The lowest BCUT2D eigenvalue weighted by Crippen LogP contribution is -2.28. The first-order chi connectivity index (χ1) is 20.2. The molecule has 1 amide bonds. The number of aromatic nitrogens is 2. The summed E-state index contributed by atoms with van der Waals surface area (Å²) in [7, 11) is 0. The number of benzene rings is 2. The molecule has 2 N–H and O–H groups in total. The van der Waals surface area contributed by atoms with Crippen molar-refractivity contribution in [3.05, 3.63) is 87.2 Å². The molecule has 43 heavy (non-hydrogen) atoms. The number of nitrogens with one attached hydrogen (secondary N) is 1. The number of rotatable bonds is 7. The second kappa shape index (κ2) is 11.4. The number of carboxylic acid groups (broad SMARTS) is 1. The lowest BCUT2D eigenvalue weighted by molar-refractivity contribution is -0.160. The Balaban J connectivity index is 1.69. The average Bonchev–Trinajstić information content (AvgIpc) is 3.37. The van der Waals surface area contributed by atoms with Crippen LogP contribution in [-0.4, -0.2) is 38.8 Å². The van der Waals surface area contributed by atoms with Crippen LogP contribution >= 0.6 is 0 Å². The van der Waals surface area contributed by atoms with Crippen LogP contribution in [0.1, 0.15) is 77.2 Å². The average molecular weight is 592 g/mol. The van der Waals surface area contributed by atoms with Gasteiger partial charge in [-0.2, -0.15) is 5.10 Å². The number of ether oxygens (including phenoxy) is 2. The van der Waals surface area contributed by atoms with Crippen molar-refractivity contribution in [2.75, 3.05) is 6.61 Å². The summed E-state index contributed by atoms with van der Waals surface area (Å²) in [6.45, 7) is 11.1. The fourth-order valence-electron chi connectivity index (χ4n) is 5.59. The Hall–Kier alpha value is -4.31. The molecule has 5 rings (SSSR count). The SMILES string of the molecule is Cc1cc(CNC(=O)c2cc3c(-c4cc(F)c5c(c4C)CCCO5)c([C@H](OC(C)(C)C)C(=O)O)c(C)cn3n2)ccc1F. The Morgan fingerprint density at radius 3 is 2.53 bits per heavy atom. The van der Waals surface area contributed by atoms with Gasteiger partial charge in [-0.3, -0.25) is 4.79 Å². The van der Waals surface area contributed by atoms with Crippen LogP contribution in [0.5, 0.6) is 5.75 Å². The summed E-state index contributed by atoms with van der Waals surface area (Å²) in [6, 6.07) is 7.52. The summed E-state index contributed by atoms with van der Waals surface area (Å²) in [5.41, 5.74) is 4.15. The lowest BCUT2D eigenvalue weighted by atomic mass is 9.87. The molecule has 0 fully saturated rings. The van der Waals surface area contributed by atoms with Gasteiger partial charge in [0, 0.05) is 29.4 Å². The number of pyridine rings is 1. The third-order valence-corrected chi connectivity index (χ3v) is 7.57. The minimum Gasteiger partial charge on any atom is -0.490 e. The van der Waals surface area contributed by atoms with Gasteiger partial charge in [-0.1, -0.05) is 12.1 Å². The van der Waals surface area contributed by atoms with Gasteiger partial charge >= 0.3 is 5.97 Å². The first kappa shape index (κ1) is 30.2. The Labute approximate surface area is 248 Å². The van der Waals surface area contributed by atoms with Crippen LogP contribution in [-0.2, 0) is 22.5 Å². The highest BCUT2D eigenvalue weighted by Gasteiger charge is 2.34. The Morgan fingerprint density at radius 2 is 1.86 bits per heavy atom. The van der Waals surface area contributed by atoms with Crippen molar-refractivity contribution in [2.24, 2.45) is 0 Å². The highest BCUT2D eigenvalue weighted by molar-refractivity contribution is 5.97. The molecule has 0 saturated carbocycles. The number of aryl methyl sites for hydroxylation is 2. The van der Waals surface area contributed by atoms with Gasteiger partial charge in [0.25, 0.3) is 5.91 Å². The van der Waals surface area contributed by atoms with Gasteiger partial charge in [0.2, 0.25) is 0 Å². The second-order valence-corrected chi connectivity index (χ2v) is 12.0. The lowest BCUT2D eigenvalue weighted by Gasteiger charge is -2.29. The number of nitrogens with zero attached hydrogens (tertiary/aromatic N) is 2. The zero-order valence-electron chi connectivity index (χ0n) is 25.1. The molecule has 8 nitrogen and oxygen atoms in total. The van der Waals surface area contributed by atoms with E-state index in [0.29, 0.717) is 46.4 Å². The molecule has 10 heteroatoms. The minimum absolute atomic E-state index is 0.0830. The first-order valence-corrected chi connectivity index (χ1v) is 14.2. The van der Waals surface area contributed by atoms with Crippen LogP contribution in [0.3, 0.4) is 0 Å². The van der Waals surface area contributed by atoms with Gasteiger partial charge < -0.3 is 19.9 Å². The number of aliphatic carboxylic acids is 1. The number of carbonyl (C=O) groups is 2. The van der Waals surface area contributed by atoms with E-state index in [9.17, 15) is 19.1 Å². The molecule has 0 bridgehead atoms. The molecule has 2 aromatic carbocycles. The monoisotopic (exact) mass is 591 g/mol. The number of fused-ring (bicyclic) bond motifs is 2. The van der Waals surface area contributed by atoms with E-state index >= 15 is 4.39 Å². The molecule has 0 radical (unpaired) electrons. The summed E-state index contributed by atoms with van der Waals surface area (Å²) in [5.74, 6) is -2.34. The van der Waals surface area contributed by atoms with Gasteiger partial charge in [0.15, 0.2) is 23.4 Å². The van der Waals surface area contributed by atoms with Gasteiger partial charge in [-0.15, -0.1) is 0 Å². The summed E-state index contributed by atoms with van der Waals surface area (Å²) in [5, 5.41) is 17.7. The Bertz CT molecular complexity index is 1760. The molecule has 1 aliphatic rings. The molecular formula is C33H35F2N3O5. The predicted octanol–water partition coefficient (Wildman–Crippen LogP) is 6.40. The summed E-state index contributed by atoms with van der Waals surface area (Å²) in [6.07, 6.45) is 1.59. The zero-order valence-corrected chi connectivity index (χ0v) is 25.1. The van der Waals surface area contributed by atoms with Gasteiger partial charge in [0.1, 0.15) is 5.82 Å². The van der Waals surface area contributed by atoms with E-state index in [1.807, 2.05) is 6.92 Å². The third kappa shape index (κ3) is 5.97. The van der Waals surface area contributed by atoms with Crippen molar-refractivity contribution in [3.8, 4) is 16.9 Å². The Morgan fingerprint density at radius 1 is 1.12 bits per heavy atom. The maximum absolute atomic E-state index is 15.5. The molecule has 226 valence electrons. The maximum Gasteiger partial charge on any atom is 0.337 e. The van der Waals surface area contributed by atoms with Crippen LogP contribution in [0.4, 0.5) is 8.78 Å². The molecular weight excluding hydrogens is 556 g/mol. The van der Waals surface area contributed by atoms with Crippen molar-refractivity contribution >= 4 is 17.4 Å². The van der Waals surface area contributed by atoms with Crippen molar-refractivity contribution in [1.82, 2.24) is 14.9 Å². The molecule has 0 aliphatic carbocycles. The summed E-state index contributed by atoms with van der Waals surface area (Å²) in [4.78, 5) is 25.9. The highest BCUT2D eigenvalue weighted by atomic mass is 19.1. The van der Waals surface area contributed by atoms with Crippen LogP contribution in [0, 0.1) is 32.4 Å². The van der Waals surface area contributed by atoms with Crippen LogP contribution in [0.2, 0.25) is 0 Å². The van der Waals surface area contributed by atoms with E-state index in [0.717, 1.165) is 23.1 Å². The number of hydrogen-bond donors (Lipinski definition) is 2. The number of amides is 1. The normalized spacial score (nSPS) is 13.9. The standard InChI is InChI=1S/C33H35F2N3O5/c1-17-12-20(9-10-23(17)34)15-36-31(39)25-14-26-28(22-13-24(35)29-21(19(22)3)8-7-11-42-29)27(18(2)16-38(26)37-25)30(32(40)41)43-33(4,5)6/h9-10,12-14,16,30H,7-8,11,15H2,1-6H3,(H,36,39)(H,40,41)/t30-/m0/s1. The minimum atomic E-state index is -1.39. The largest absolute Gasteiger partial charge is 0.490 e. The smallest absolute Gasteiger partial charge is 0.337 e. The van der Waals surface area contributed by atoms with E-state index < -0.39 is 29.4 Å². The van der Waals surface area contributed by atoms with E-state index in [-0.39, 0.29) is 23.8 Å². The number of halogens is 2.